The molecule has 1 amide bonds. The van der Waals surface area contributed by atoms with Crippen LogP contribution in [-0.4, -0.2) is 45.0 Å². The molecule has 32 heavy (non-hydrogen) atoms. The van der Waals surface area contributed by atoms with Gasteiger partial charge in [0.2, 0.25) is 17.6 Å². The number of carbonyl (C=O) groups is 1. The molecule has 6 heteroatoms. The van der Waals surface area contributed by atoms with Gasteiger partial charge in [0, 0.05) is 25.2 Å². The molecule has 0 saturated carbocycles. The van der Waals surface area contributed by atoms with E-state index in [-0.39, 0.29) is 11.9 Å². The summed E-state index contributed by atoms with van der Waals surface area (Å²) in [5.74, 6) is 1.85. The SMILES string of the molecule is CC(C)c1ccc(-c2noc(CN3Cc4ccccc4C[C@H]3C(=O)N3CCCC3)n2)cc1. The molecule has 3 heterocycles. The first-order valence-electron chi connectivity index (χ1n) is 11.6. The second-order valence-electron chi connectivity index (χ2n) is 9.21. The van der Waals surface area contributed by atoms with E-state index in [0.717, 1.165) is 37.9 Å². The van der Waals surface area contributed by atoms with Crippen molar-refractivity contribution in [3.63, 3.8) is 0 Å². The monoisotopic (exact) mass is 430 g/mol. The Bertz CT molecular complexity index is 1080. The third-order valence-electron chi connectivity index (χ3n) is 6.69. The number of aromatic nitrogens is 2. The van der Waals surface area contributed by atoms with Crippen LogP contribution in [0.2, 0.25) is 0 Å². The maximum absolute atomic E-state index is 13.3. The van der Waals surface area contributed by atoms with Crippen molar-refractivity contribution in [2.45, 2.75) is 58.2 Å². The Morgan fingerprint density at radius 1 is 1.06 bits per heavy atom. The van der Waals surface area contributed by atoms with Crippen LogP contribution in [0.4, 0.5) is 0 Å². The summed E-state index contributed by atoms with van der Waals surface area (Å²) in [6.07, 6.45) is 2.92. The predicted octanol–water partition coefficient (Wildman–Crippen LogP) is 4.41. The van der Waals surface area contributed by atoms with Crippen LogP contribution in [0.15, 0.2) is 53.1 Å². The lowest BCUT2D eigenvalue weighted by Crippen LogP contribution is -2.50. The van der Waals surface area contributed by atoms with Crippen molar-refractivity contribution in [2.24, 2.45) is 0 Å². The first-order valence-corrected chi connectivity index (χ1v) is 11.6. The number of nitrogens with zero attached hydrogens (tertiary/aromatic N) is 4. The molecule has 1 aromatic heterocycles. The minimum Gasteiger partial charge on any atom is -0.341 e. The number of likely N-dealkylation sites (tertiary alicyclic amines) is 1. The molecule has 1 fully saturated rings. The molecule has 0 spiro atoms. The Kier molecular flexibility index (Phi) is 5.79. The van der Waals surface area contributed by atoms with Crippen molar-refractivity contribution in [1.29, 1.82) is 0 Å². The topological polar surface area (TPSA) is 62.5 Å². The Balaban J connectivity index is 1.37. The van der Waals surface area contributed by atoms with Gasteiger partial charge in [-0.05, 0) is 41.9 Å². The number of carbonyl (C=O) groups excluding carboxylic acids is 1. The summed E-state index contributed by atoms with van der Waals surface area (Å²) in [4.78, 5) is 22.2. The summed E-state index contributed by atoms with van der Waals surface area (Å²) >= 11 is 0. The highest BCUT2D eigenvalue weighted by molar-refractivity contribution is 5.83. The summed E-state index contributed by atoms with van der Waals surface area (Å²) in [6.45, 7) is 7.26. The maximum atomic E-state index is 13.3. The zero-order valence-electron chi connectivity index (χ0n) is 18.8. The number of rotatable bonds is 5. The second-order valence-corrected chi connectivity index (χ2v) is 9.21. The maximum Gasteiger partial charge on any atom is 0.241 e. The lowest BCUT2D eigenvalue weighted by Gasteiger charge is -2.37. The minimum atomic E-state index is -0.191. The van der Waals surface area contributed by atoms with Crippen molar-refractivity contribution in [3.05, 3.63) is 71.1 Å². The Morgan fingerprint density at radius 3 is 2.50 bits per heavy atom. The summed E-state index contributed by atoms with van der Waals surface area (Å²) in [5.41, 5.74) is 4.76. The van der Waals surface area contributed by atoms with E-state index in [1.54, 1.807) is 0 Å². The normalized spacial score (nSPS) is 18.8. The van der Waals surface area contributed by atoms with E-state index in [1.165, 1.54) is 16.7 Å². The highest BCUT2D eigenvalue weighted by atomic mass is 16.5. The van der Waals surface area contributed by atoms with E-state index in [4.69, 9.17) is 4.52 Å². The molecule has 0 unspecified atom stereocenters. The van der Waals surface area contributed by atoms with E-state index in [0.29, 0.717) is 30.7 Å². The van der Waals surface area contributed by atoms with Crippen LogP contribution < -0.4 is 0 Å². The second kappa shape index (κ2) is 8.87. The smallest absolute Gasteiger partial charge is 0.241 e. The molecule has 2 aliphatic rings. The zero-order chi connectivity index (χ0) is 22.1. The zero-order valence-corrected chi connectivity index (χ0v) is 18.8. The third kappa shape index (κ3) is 4.19. The lowest BCUT2D eigenvalue weighted by atomic mass is 9.93. The van der Waals surface area contributed by atoms with E-state index < -0.39 is 0 Å². The molecule has 2 aromatic carbocycles. The summed E-state index contributed by atoms with van der Waals surface area (Å²) in [6, 6.07) is 16.5. The molecule has 3 aromatic rings. The van der Waals surface area contributed by atoms with Crippen molar-refractivity contribution in [1.82, 2.24) is 19.9 Å². The number of benzene rings is 2. The lowest BCUT2D eigenvalue weighted by molar-refractivity contribution is -0.137. The van der Waals surface area contributed by atoms with Gasteiger partial charge < -0.3 is 9.42 Å². The van der Waals surface area contributed by atoms with Crippen LogP contribution in [0.25, 0.3) is 11.4 Å². The molecule has 1 saturated heterocycles. The van der Waals surface area contributed by atoms with Crippen LogP contribution >= 0.6 is 0 Å². The molecular formula is C26H30N4O2. The van der Waals surface area contributed by atoms with Gasteiger partial charge in [-0.25, -0.2) is 0 Å². The van der Waals surface area contributed by atoms with Gasteiger partial charge in [-0.2, -0.15) is 4.98 Å². The van der Waals surface area contributed by atoms with E-state index in [2.05, 4.69) is 65.3 Å². The minimum absolute atomic E-state index is 0.191. The van der Waals surface area contributed by atoms with E-state index >= 15 is 0 Å². The molecule has 5 rings (SSSR count). The molecule has 166 valence electrons. The van der Waals surface area contributed by atoms with Gasteiger partial charge in [0.15, 0.2) is 0 Å². The van der Waals surface area contributed by atoms with Gasteiger partial charge >= 0.3 is 0 Å². The molecule has 1 atom stereocenters. The summed E-state index contributed by atoms with van der Waals surface area (Å²) in [5, 5.41) is 4.21. The van der Waals surface area contributed by atoms with Crippen LogP contribution in [0.1, 0.15) is 55.2 Å². The summed E-state index contributed by atoms with van der Waals surface area (Å²) < 4.78 is 5.61. The highest BCUT2D eigenvalue weighted by Crippen LogP contribution is 2.28. The van der Waals surface area contributed by atoms with Crippen molar-refractivity contribution in [3.8, 4) is 11.4 Å². The molecule has 6 nitrogen and oxygen atoms in total. The first kappa shape index (κ1) is 20.9. The molecule has 0 bridgehead atoms. The van der Waals surface area contributed by atoms with Crippen molar-refractivity contribution >= 4 is 5.91 Å². The van der Waals surface area contributed by atoms with Gasteiger partial charge in [-0.1, -0.05) is 67.5 Å². The van der Waals surface area contributed by atoms with Crippen LogP contribution in [0, 0.1) is 0 Å². The fourth-order valence-electron chi connectivity index (χ4n) is 4.76. The van der Waals surface area contributed by atoms with Crippen LogP contribution in [-0.2, 0) is 24.3 Å². The van der Waals surface area contributed by atoms with Crippen molar-refractivity contribution in [2.75, 3.05) is 13.1 Å². The van der Waals surface area contributed by atoms with Gasteiger partial charge in [-0.15, -0.1) is 0 Å². The third-order valence-corrected chi connectivity index (χ3v) is 6.69. The number of fused-ring (bicyclic) bond motifs is 1. The predicted molar refractivity (Wildman–Crippen MR) is 123 cm³/mol. The molecule has 0 aliphatic carbocycles. The quantitative estimate of drug-likeness (QED) is 0.600. The Labute approximate surface area is 189 Å². The van der Waals surface area contributed by atoms with Gasteiger partial charge in [-0.3, -0.25) is 9.69 Å². The Morgan fingerprint density at radius 2 is 1.78 bits per heavy atom. The fraction of sp³-hybridized carbons (Fsp3) is 0.423. The number of hydrogen-bond acceptors (Lipinski definition) is 5. The van der Waals surface area contributed by atoms with E-state index in [9.17, 15) is 4.79 Å². The molecular weight excluding hydrogens is 400 g/mol. The number of hydrogen-bond donors (Lipinski definition) is 0. The first-order chi connectivity index (χ1) is 15.6. The van der Waals surface area contributed by atoms with Gasteiger partial charge in [0.05, 0.1) is 12.6 Å². The van der Waals surface area contributed by atoms with Crippen LogP contribution in [0.5, 0.6) is 0 Å². The average molecular weight is 431 g/mol. The van der Waals surface area contributed by atoms with Gasteiger partial charge in [0.25, 0.3) is 0 Å². The highest BCUT2D eigenvalue weighted by Gasteiger charge is 2.35. The van der Waals surface area contributed by atoms with Gasteiger partial charge in [0.1, 0.15) is 0 Å². The molecule has 2 aliphatic heterocycles. The molecule has 0 radical (unpaired) electrons. The Hall–Kier alpha value is -2.99. The number of amides is 1. The van der Waals surface area contributed by atoms with Crippen LogP contribution in [0.3, 0.4) is 0 Å². The largest absolute Gasteiger partial charge is 0.341 e. The molecule has 0 N–H and O–H groups in total. The fourth-order valence-corrected chi connectivity index (χ4v) is 4.76. The average Bonchev–Trinajstić information content (AvgIpc) is 3.51. The standard InChI is InChI=1S/C26H30N4O2/c1-18(2)19-9-11-20(12-10-19)25-27-24(32-28-25)17-30-16-22-8-4-3-7-21(22)15-23(30)26(31)29-13-5-6-14-29/h3-4,7-12,18,23H,5-6,13-17H2,1-2H3/t23-/m0/s1. The van der Waals surface area contributed by atoms with E-state index in [1.807, 2.05) is 17.0 Å². The summed E-state index contributed by atoms with van der Waals surface area (Å²) in [7, 11) is 0. The van der Waals surface area contributed by atoms with Crippen molar-refractivity contribution < 1.29 is 9.32 Å².